The second-order valence-electron chi connectivity index (χ2n) is 4.21. The quantitative estimate of drug-likeness (QED) is 0.576. The molecule has 0 spiro atoms. The molecular weight excluding hydrogens is 182 g/mol. The Morgan fingerprint density at radius 1 is 1.43 bits per heavy atom. The van der Waals surface area contributed by atoms with E-state index in [1.54, 1.807) is 0 Å². The van der Waals surface area contributed by atoms with Gasteiger partial charge in [0, 0.05) is 38.8 Å². The molecule has 0 radical (unpaired) electrons. The van der Waals surface area contributed by atoms with Crippen LogP contribution in [-0.4, -0.2) is 72.7 Å². The second kappa shape index (κ2) is 3.84. The largest absolute Gasteiger partial charge is 0.480 e. The molecule has 5 heteroatoms. The van der Waals surface area contributed by atoms with Gasteiger partial charge in [-0.15, -0.1) is 0 Å². The minimum absolute atomic E-state index is 0.380. The molecule has 1 atom stereocenters. The van der Waals surface area contributed by atoms with Crippen LogP contribution in [0.25, 0.3) is 0 Å². The smallest absolute Gasteiger partial charge is 0.322 e. The highest BCUT2D eigenvalue weighted by Gasteiger charge is 2.34. The van der Waals surface area contributed by atoms with E-state index in [-0.39, 0.29) is 6.04 Å². The molecular formula is C9H17N3O2. The van der Waals surface area contributed by atoms with E-state index in [0.717, 1.165) is 26.2 Å². The molecule has 2 saturated heterocycles. The number of hydrogen-bond acceptors (Lipinski definition) is 4. The Labute approximate surface area is 83.7 Å². The van der Waals surface area contributed by atoms with Gasteiger partial charge in [0.25, 0.3) is 0 Å². The van der Waals surface area contributed by atoms with Crippen LogP contribution in [0, 0.1) is 0 Å². The zero-order valence-electron chi connectivity index (χ0n) is 8.44. The Morgan fingerprint density at radius 2 is 2.14 bits per heavy atom. The first-order valence-electron chi connectivity index (χ1n) is 5.05. The lowest BCUT2D eigenvalue weighted by atomic mass is 10.1. The van der Waals surface area contributed by atoms with Crippen molar-refractivity contribution in [1.82, 2.24) is 15.1 Å². The summed E-state index contributed by atoms with van der Waals surface area (Å²) in [6.45, 7) is 4.56. The Hall–Kier alpha value is -0.650. The van der Waals surface area contributed by atoms with E-state index in [1.165, 1.54) is 0 Å². The minimum atomic E-state index is -0.734. The summed E-state index contributed by atoms with van der Waals surface area (Å²) < 4.78 is 0. The van der Waals surface area contributed by atoms with Crippen molar-refractivity contribution in [3.8, 4) is 0 Å². The van der Waals surface area contributed by atoms with Gasteiger partial charge < -0.3 is 15.3 Å². The number of carboxylic acids is 1. The predicted octanol–water partition coefficient (Wildman–Crippen LogP) is -1.34. The zero-order chi connectivity index (χ0) is 10.1. The van der Waals surface area contributed by atoms with Crippen molar-refractivity contribution in [3.05, 3.63) is 0 Å². The number of nitrogens with zero attached hydrogens (tertiary/aromatic N) is 2. The third-order valence-electron chi connectivity index (χ3n) is 3.07. The number of carbonyl (C=O) groups is 1. The van der Waals surface area contributed by atoms with Gasteiger partial charge in [0.2, 0.25) is 0 Å². The number of rotatable bonds is 2. The molecule has 14 heavy (non-hydrogen) atoms. The zero-order valence-corrected chi connectivity index (χ0v) is 8.44. The van der Waals surface area contributed by atoms with Gasteiger partial charge in [-0.25, -0.2) is 0 Å². The lowest BCUT2D eigenvalue weighted by Crippen LogP contribution is -2.64. The molecule has 0 saturated carbocycles. The van der Waals surface area contributed by atoms with Crippen LogP contribution < -0.4 is 5.32 Å². The highest BCUT2D eigenvalue weighted by atomic mass is 16.4. The summed E-state index contributed by atoms with van der Waals surface area (Å²) in [6, 6.07) is 0.193. The fraction of sp³-hybridized carbons (Fsp3) is 0.889. The average Bonchev–Trinajstić information content (AvgIpc) is 2.13. The maximum absolute atomic E-state index is 10.8. The summed E-state index contributed by atoms with van der Waals surface area (Å²) in [7, 11) is 2.09. The van der Waals surface area contributed by atoms with Crippen LogP contribution in [0.5, 0.6) is 0 Å². The van der Waals surface area contributed by atoms with Crippen molar-refractivity contribution < 1.29 is 9.90 Å². The molecule has 2 aliphatic rings. The van der Waals surface area contributed by atoms with Crippen molar-refractivity contribution in [2.24, 2.45) is 0 Å². The standard InChI is InChI=1S/C9H17N3O2/c1-11-4-7(5-11)12-3-2-10-8(6-12)9(13)14/h7-8,10H,2-6H2,1H3,(H,13,14). The highest BCUT2D eigenvalue weighted by molar-refractivity contribution is 5.73. The van der Waals surface area contributed by atoms with E-state index in [0.29, 0.717) is 12.6 Å². The van der Waals surface area contributed by atoms with Gasteiger partial charge in [0.1, 0.15) is 6.04 Å². The van der Waals surface area contributed by atoms with E-state index >= 15 is 0 Å². The molecule has 0 aliphatic carbocycles. The lowest BCUT2D eigenvalue weighted by molar-refractivity contribution is -0.141. The molecule has 0 bridgehead atoms. The topological polar surface area (TPSA) is 55.8 Å². The normalized spacial score (nSPS) is 31.4. The van der Waals surface area contributed by atoms with Crippen molar-refractivity contribution in [2.75, 3.05) is 39.8 Å². The minimum Gasteiger partial charge on any atom is -0.480 e. The van der Waals surface area contributed by atoms with E-state index in [9.17, 15) is 4.79 Å². The molecule has 2 fully saturated rings. The predicted molar refractivity (Wildman–Crippen MR) is 52.3 cm³/mol. The van der Waals surface area contributed by atoms with Gasteiger partial charge in [-0.05, 0) is 7.05 Å². The maximum Gasteiger partial charge on any atom is 0.322 e. The van der Waals surface area contributed by atoms with Crippen LogP contribution in [0.1, 0.15) is 0 Å². The maximum atomic E-state index is 10.8. The number of carboxylic acid groups (broad SMARTS) is 1. The van der Waals surface area contributed by atoms with Crippen LogP contribution in [0.15, 0.2) is 0 Å². The third kappa shape index (κ3) is 1.89. The molecule has 5 nitrogen and oxygen atoms in total. The second-order valence-corrected chi connectivity index (χ2v) is 4.21. The number of likely N-dealkylation sites (N-methyl/N-ethyl adjacent to an activating group) is 1. The van der Waals surface area contributed by atoms with Crippen LogP contribution in [0.3, 0.4) is 0 Å². The summed E-state index contributed by atoms with van der Waals surface area (Å²) in [5, 5.41) is 11.9. The van der Waals surface area contributed by atoms with Crippen molar-refractivity contribution in [3.63, 3.8) is 0 Å². The summed E-state index contributed by atoms with van der Waals surface area (Å²) >= 11 is 0. The molecule has 2 N–H and O–H groups in total. The first kappa shape index (κ1) is 9.89. The van der Waals surface area contributed by atoms with Crippen LogP contribution >= 0.6 is 0 Å². The SMILES string of the molecule is CN1CC(N2CCNC(C(=O)O)C2)C1. The van der Waals surface area contributed by atoms with E-state index in [1.807, 2.05) is 0 Å². The van der Waals surface area contributed by atoms with Crippen LogP contribution in [0.4, 0.5) is 0 Å². The molecule has 2 heterocycles. The van der Waals surface area contributed by atoms with Crippen molar-refractivity contribution in [2.45, 2.75) is 12.1 Å². The van der Waals surface area contributed by atoms with Gasteiger partial charge in [0.15, 0.2) is 0 Å². The van der Waals surface area contributed by atoms with Crippen LogP contribution in [0.2, 0.25) is 0 Å². The van der Waals surface area contributed by atoms with Crippen molar-refractivity contribution in [1.29, 1.82) is 0 Å². The number of aliphatic carboxylic acids is 1. The molecule has 1 unspecified atom stereocenters. The lowest BCUT2D eigenvalue weighted by Gasteiger charge is -2.46. The Morgan fingerprint density at radius 3 is 2.71 bits per heavy atom. The Kier molecular flexibility index (Phi) is 2.71. The molecule has 2 aliphatic heterocycles. The highest BCUT2D eigenvalue weighted by Crippen LogP contribution is 2.14. The summed E-state index contributed by atoms with van der Waals surface area (Å²) in [4.78, 5) is 15.3. The number of piperazine rings is 1. The summed E-state index contributed by atoms with van der Waals surface area (Å²) in [6.07, 6.45) is 0. The fourth-order valence-electron chi connectivity index (χ4n) is 2.17. The fourth-order valence-corrected chi connectivity index (χ4v) is 2.17. The van der Waals surface area contributed by atoms with E-state index < -0.39 is 5.97 Å². The summed E-state index contributed by atoms with van der Waals surface area (Å²) in [5.41, 5.74) is 0. The van der Waals surface area contributed by atoms with Gasteiger partial charge in [-0.3, -0.25) is 9.69 Å². The molecule has 0 amide bonds. The molecule has 0 aromatic carbocycles. The number of likely N-dealkylation sites (tertiary alicyclic amines) is 1. The first-order chi connectivity index (χ1) is 6.66. The van der Waals surface area contributed by atoms with Gasteiger partial charge in [-0.1, -0.05) is 0 Å². The van der Waals surface area contributed by atoms with Crippen molar-refractivity contribution >= 4 is 5.97 Å². The Balaban J connectivity index is 1.85. The first-order valence-corrected chi connectivity index (χ1v) is 5.05. The molecule has 80 valence electrons. The monoisotopic (exact) mass is 199 g/mol. The number of hydrogen-bond donors (Lipinski definition) is 2. The van der Waals surface area contributed by atoms with E-state index in [2.05, 4.69) is 22.2 Å². The van der Waals surface area contributed by atoms with Crippen LogP contribution in [-0.2, 0) is 4.79 Å². The van der Waals surface area contributed by atoms with E-state index in [4.69, 9.17) is 5.11 Å². The van der Waals surface area contributed by atoms with Gasteiger partial charge in [0.05, 0.1) is 0 Å². The van der Waals surface area contributed by atoms with Gasteiger partial charge in [-0.2, -0.15) is 0 Å². The third-order valence-corrected chi connectivity index (χ3v) is 3.07. The number of nitrogens with one attached hydrogen (secondary N) is 1. The summed E-state index contributed by atoms with van der Waals surface area (Å²) in [5.74, 6) is -0.734. The molecule has 2 rings (SSSR count). The molecule has 0 aromatic rings. The average molecular weight is 199 g/mol. The van der Waals surface area contributed by atoms with Gasteiger partial charge >= 0.3 is 5.97 Å². The molecule has 0 aromatic heterocycles. The Bertz CT molecular complexity index is 228.